The molecule has 1 aliphatic rings. The zero-order valence-corrected chi connectivity index (χ0v) is 14.7. The molecule has 112 valence electrons. The highest BCUT2D eigenvalue weighted by atomic mass is 79.9. The summed E-state index contributed by atoms with van der Waals surface area (Å²) in [5.41, 5.74) is 3.56. The van der Waals surface area contributed by atoms with Gasteiger partial charge in [-0.2, -0.15) is 0 Å². The summed E-state index contributed by atoms with van der Waals surface area (Å²) in [6.45, 7) is 1.78. The Morgan fingerprint density at radius 3 is 2.57 bits per heavy atom. The number of hydrogen-bond donors (Lipinski definition) is 1. The van der Waals surface area contributed by atoms with E-state index in [1.54, 1.807) is 6.07 Å². The second-order valence-corrected chi connectivity index (χ2v) is 6.12. The van der Waals surface area contributed by atoms with Gasteiger partial charge in [-0.05, 0) is 48.0 Å². The molecular weight excluding hydrogens is 373 g/mol. The van der Waals surface area contributed by atoms with Crippen LogP contribution in [-0.4, -0.2) is 23.6 Å². The first-order valence-electron chi connectivity index (χ1n) is 6.50. The Balaban J connectivity index is 0.00000161. The van der Waals surface area contributed by atoms with Crippen LogP contribution in [0.3, 0.4) is 0 Å². The molecule has 1 N–H and O–H groups in total. The van der Waals surface area contributed by atoms with Crippen LogP contribution in [0, 0.1) is 0 Å². The highest BCUT2D eigenvalue weighted by molar-refractivity contribution is 8.93. The minimum atomic E-state index is 0. The summed E-state index contributed by atoms with van der Waals surface area (Å²) in [4.78, 5) is 2.24. The van der Waals surface area contributed by atoms with E-state index in [1.807, 2.05) is 30.3 Å². The minimum absolute atomic E-state index is 0. The van der Waals surface area contributed by atoms with Crippen LogP contribution in [0.4, 0.5) is 0 Å². The number of fused-ring (bicyclic) bond motifs is 1. The van der Waals surface area contributed by atoms with Crippen LogP contribution in [0.15, 0.2) is 36.4 Å². The summed E-state index contributed by atoms with van der Waals surface area (Å²) in [7, 11) is 2.08. The van der Waals surface area contributed by atoms with Crippen molar-refractivity contribution in [3.63, 3.8) is 0 Å². The number of rotatable bonds is 1. The SMILES string of the molecule is Br.CN1Cc2cc(O)ccc2C(c2ccc(Cl)c(Cl)c2)C1. The van der Waals surface area contributed by atoms with E-state index in [4.69, 9.17) is 23.2 Å². The van der Waals surface area contributed by atoms with E-state index in [0.29, 0.717) is 15.8 Å². The minimum Gasteiger partial charge on any atom is -0.508 e. The van der Waals surface area contributed by atoms with E-state index in [9.17, 15) is 5.11 Å². The number of phenols is 1. The molecule has 1 unspecified atom stereocenters. The molecule has 2 aromatic rings. The molecule has 0 bridgehead atoms. The van der Waals surface area contributed by atoms with Crippen molar-refractivity contribution in [3.8, 4) is 5.75 Å². The van der Waals surface area contributed by atoms with Crippen molar-refractivity contribution in [2.24, 2.45) is 0 Å². The number of likely N-dealkylation sites (N-methyl/N-ethyl adjacent to an activating group) is 1. The highest BCUT2D eigenvalue weighted by Crippen LogP contribution is 2.36. The maximum Gasteiger partial charge on any atom is 0.115 e. The van der Waals surface area contributed by atoms with Crippen molar-refractivity contribution >= 4 is 40.2 Å². The van der Waals surface area contributed by atoms with Gasteiger partial charge in [-0.25, -0.2) is 0 Å². The predicted molar refractivity (Wildman–Crippen MR) is 93.1 cm³/mol. The number of phenolic OH excluding ortho intramolecular Hbond substituents is 1. The first-order chi connectivity index (χ1) is 9.54. The largest absolute Gasteiger partial charge is 0.508 e. The number of aromatic hydroxyl groups is 1. The molecule has 1 atom stereocenters. The van der Waals surface area contributed by atoms with Gasteiger partial charge in [0, 0.05) is 19.0 Å². The maximum absolute atomic E-state index is 9.65. The van der Waals surface area contributed by atoms with Gasteiger partial charge in [-0.1, -0.05) is 35.3 Å². The molecule has 0 amide bonds. The molecule has 3 rings (SSSR count). The van der Waals surface area contributed by atoms with E-state index in [2.05, 4.69) is 11.9 Å². The normalized spacial score (nSPS) is 18.0. The fourth-order valence-electron chi connectivity index (χ4n) is 2.85. The summed E-state index contributed by atoms with van der Waals surface area (Å²) in [6.07, 6.45) is 0. The van der Waals surface area contributed by atoms with Crippen molar-refractivity contribution in [1.29, 1.82) is 0 Å². The summed E-state index contributed by atoms with van der Waals surface area (Å²) in [5.74, 6) is 0.561. The molecule has 0 saturated carbocycles. The number of hydrogen-bond acceptors (Lipinski definition) is 2. The number of benzene rings is 2. The number of nitrogens with zero attached hydrogens (tertiary/aromatic N) is 1. The van der Waals surface area contributed by atoms with Gasteiger partial charge in [0.2, 0.25) is 0 Å². The number of halogens is 3. The van der Waals surface area contributed by atoms with Crippen molar-refractivity contribution in [3.05, 3.63) is 63.1 Å². The van der Waals surface area contributed by atoms with Crippen molar-refractivity contribution < 1.29 is 5.11 Å². The summed E-state index contributed by atoms with van der Waals surface area (Å²) in [5, 5.41) is 10.8. The smallest absolute Gasteiger partial charge is 0.115 e. The van der Waals surface area contributed by atoms with E-state index >= 15 is 0 Å². The molecule has 0 aromatic heterocycles. The zero-order valence-electron chi connectivity index (χ0n) is 11.5. The van der Waals surface area contributed by atoms with Crippen molar-refractivity contribution in [2.45, 2.75) is 12.5 Å². The molecule has 2 nitrogen and oxygen atoms in total. The van der Waals surface area contributed by atoms with Crippen LogP contribution >= 0.6 is 40.2 Å². The van der Waals surface area contributed by atoms with Crippen molar-refractivity contribution in [1.82, 2.24) is 4.90 Å². The maximum atomic E-state index is 9.65. The Kier molecular flexibility index (Phi) is 5.20. The average molecular weight is 389 g/mol. The van der Waals surface area contributed by atoms with E-state index in [-0.39, 0.29) is 22.9 Å². The van der Waals surface area contributed by atoms with Gasteiger partial charge in [-0.3, -0.25) is 0 Å². The Hall–Kier alpha value is -0.740. The van der Waals surface area contributed by atoms with Gasteiger partial charge in [0.1, 0.15) is 5.75 Å². The second kappa shape index (κ2) is 6.57. The van der Waals surface area contributed by atoms with Crippen LogP contribution in [-0.2, 0) is 6.54 Å². The van der Waals surface area contributed by atoms with Crippen LogP contribution in [0.25, 0.3) is 0 Å². The lowest BCUT2D eigenvalue weighted by Crippen LogP contribution is -2.30. The monoisotopic (exact) mass is 387 g/mol. The molecule has 1 heterocycles. The molecule has 2 aromatic carbocycles. The van der Waals surface area contributed by atoms with Gasteiger partial charge in [-0.15, -0.1) is 17.0 Å². The lowest BCUT2D eigenvalue weighted by molar-refractivity contribution is 0.294. The summed E-state index contributed by atoms with van der Waals surface area (Å²) >= 11 is 12.1. The molecule has 0 aliphatic carbocycles. The first kappa shape index (κ1) is 16.6. The Labute approximate surface area is 145 Å². The quantitative estimate of drug-likeness (QED) is 0.754. The van der Waals surface area contributed by atoms with Gasteiger partial charge in [0.05, 0.1) is 10.0 Å². The molecule has 0 fully saturated rings. The van der Waals surface area contributed by atoms with E-state index in [1.165, 1.54) is 5.56 Å². The topological polar surface area (TPSA) is 23.5 Å². The Bertz CT molecular complexity index is 663. The van der Waals surface area contributed by atoms with Crippen LogP contribution < -0.4 is 0 Å². The molecule has 21 heavy (non-hydrogen) atoms. The standard InChI is InChI=1S/C16H15Cl2NO.BrH/c1-19-8-11-6-12(20)3-4-13(11)14(9-19)10-2-5-15(17)16(18)7-10;/h2-7,14,20H,8-9H2,1H3;1H. The zero-order chi connectivity index (χ0) is 14.3. The molecule has 0 spiro atoms. The lowest BCUT2D eigenvalue weighted by Gasteiger charge is -2.32. The summed E-state index contributed by atoms with van der Waals surface area (Å²) < 4.78 is 0. The van der Waals surface area contributed by atoms with Gasteiger partial charge >= 0.3 is 0 Å². The second-order valence-electron chi connectivity index (χ2n) is 5.31. The van der Waals surface area contributed by atoms with Crippen LogP contribution in [0.2, 0.25) is 10.0 Å². The van der Waals surface area contributed by atoms with Gasteiger partial charge in [0.25, 0.3) is 0 Å². The third kappa shape index (κ3) is 3.37. The predicted octanol–water partition coefficient (Wildman–Crippen LogP) is 4.85. The van der Waals surface area contributed by atoms with E-state index < -0.39 is 0 Å². The van der Waals surface area contributed by atoms with Crippen LogP contribution in [0.5, 0.6) is 5.75 Å². The van der Waals surface area contributed by atoms with Gasteiger partial charge in [0.15, 0.2) is 0 Å². The molecule has 0 saturated heterocycles. The first-order valence-corrected chi connectivity index (χ1v) is 7.25. The summed E-state index contributed by atoms with van der Waals surface area (Å²) in [6, 6.07) is 11.4. The average Bonchev–Trinajstić information content (AvgIpc) is 2.40. The molecular formula is C16H16BrCl2NO. The fourth-order valence-corrected chi connectivity index (χ4v) is 3.16. The fraction of sp³-hybridized carbons (Fsp3) is 0.250. The highest BCUT2D eigenvalue weighted by Gasteiger charge is 2.25. The van der Waals surface area contributed by atoms with Crippen LogP contribution in [0.1, 0.15) is 22.6 Å². The van der Waals surface area contributed by atoms with Crippen molar-refractivity contribution in [2.75, 3.05) is 13.6 Å². The Morgan fingerprint density at radius 2 is 1.86 bits per heavy atom. The third-order valence-corrected chi connectivity index (χ3v) is 4.52. The molecule has 5 heteroatoms. The molecule has 1 aliphatic heterocycles. The third-order valence-electron chi connectivity index (χ3n) is 3.78. The molecule has 0 radical (unpaired) electrons. The lowest BCUT2D eigenvalue weighted by atomic mass is 9.85. The Morgan fingerprint density at radius 1 is 1.10 bits per heavy atom. The van der Waals surface area contributed by atoms with E-state index in [0.717, 1.165) is 24.2 Å². The van der Waals surface area contributed by atoms with Gasteiger partial charge < -0.3 is 10.0 Å².